The van der Waals surface area contributed by atoms with Crippen molar-refractivity contribution >= 4 is 11.6 Å². The standard InChI is InChI=1S/C20H32N2O/c1-4-5-6-7-8-9-10-11-15-20(23)22-21-18(3)19-14-12-13-17(2)16-19/h12-14,16H,4-11,15H2,1-3H3,(H,22,23)/b21-18+. The molecule has 0 aliphatic carbocycles. The molecule has 23 heavy (non-hydrogen) atoms. The summed E-state index contributed by atoms with van der Waals surface area (Å²) < 4.78 is 0. The van der Waals surface area contributed by atoms with Crippen LogP contribution >= 0.6 is 0 Å². The molecule has 0 atom stereocenters. The van der Waals surface area contributed by atoms with E-state index in [0.717, 1.165) is 24.1 Å². The summed E-state index contributed by atoms with van der Waals surface area (Å²) in [7, 11) is 0. The highest BCUT2D eigenvalue weighted by molar-refractivity contribution is 5.99. The zero-order valence-corrected chi connectivity index (χ0v) is 15.0. The third kappa shape index (κ3) is 9.17. The molecule has 1 aromatic carbocycles. The molecule has 0 unspecified atom stereocenters. The Morgan fingerprint density at radius 2 is 1.70 bits per heavy atom. The second-order valence-corrected chi connectivity index (χ2v) is 6.33. The normalized spacial score (nSPS) is 11.5. The van der Waals surface area contributed by atoms with Gasteiger partial charge in [0.25, 0.3) is 0 Å². The van der Waals surface area contributed by atoms with E-state index in [9.17, 15) is 4.79 Å². The van der Waals surface area contributed by atoms with E-state index >= 15 is 0 Å². The van der Waals surface area contributed by atoms with E-state index in [1.54, 1.807) is 0 Å². The predicted molar refractivity (Wildman–Crippen MR) is 98.8 cm³/mol. The number of hydrazone groups is 1. The molecule has 0 heterocycles. The molecule has 128 valence electrons. The van der Waals surface area contributed by atoms with Crippen molar-refractivity contribution in [1.29, 1.82) is 0 Å². The fourth-order valence-corrected chi connectivity index (χ4v) is 2.56. The predicted octanol–water partition coefficient (Wildman–Crippen LogP) is 5.37. The van der Waals surface area contributed by atoms with Gasteiger partial charge in [0, 0.05) is 6.42 Å². The quantitative estimate of drug-likeness (QED) is 0.333. The lowest BCUT2D eigenvalue weighted by Crippen LogP contribution is -2.18. The Labute approximate surface area is 141 Å². The van der Waals surface area contributed by atoms with Crippen molar-refractivity contribution < 1.29 is 4.79 Å². The molecule has 1 N–H and O–H groups in total. The number of hydrogen-bond acceptors (Lipinski definition) is 2. The number of benzene rings is 1. The average Bonchev–Trinajstić information content (AvgIpc) is 2.55. The molecule has 0 spiro atoms. The number of nitrogens with one attached hydrogen (secondary N) is 1. The van der Waals surface area contributed by atoms with Crippen LogP contribution in [0.2, 0.25) is 0 Å². The fraction of sp³-hybridized carbons (Fsp3) is 0.600. The van der Waals surface area contributed by atoms with Crippen LogP contribution in [0.25, 0.3) is 0 Å². The van der Waals surface area contributed by atoms with Crippen LogP contribution in [0.5, 0.6) is 0 Å². The van der Waals surface area contributed by atoms with Crippen molar-refractivity contribution in [3.8, 4) is 0 Å². The highest BCUT2D eigenvalue weighted by atomic mass is 16.2. The van der Waals surface area contributed by atoms with E-state index in [1.807, 2.05) is 19.1 Å². The summed E-state index contributed by atoms with van der Waals surface area (Å²) in [5.74, 6) is 0.0167. The molecule has 0 saturated heterocycles. The summed E-state index contributed by atoms with van der Waals surface area (Å²) in [6.45, 7) is 6.21. The first-order chi connectivity index (χ1) is 11.1. The van der Waals surface area contributed by atoms with Crippen molar-refractivity contribution in [2.75, 3.05) is 0 Å². The minimum atomic E-state index is 0.0167. The zero-order valence-electron chi connectivity index (χ0n) is 15.0. The summed E-state index contributed by atoms with van der Waals surface area (Å²) in [5, 5.41) is 4.20. The molecule has 0 saturated carbocycles. The number of nitrogens with zero attached hydrogens (tertiary/aromatic N) is 1. The molecule has 1 amide bonds. The second-order valence-electron chi connectivity index (χ2n) is 6.33. The van der Waals surface area contributed by atoms with Gasteiger partial charge < -0.3 is 0 Å². The van der Waals surface area contributed by atoms with Gasteiger partial charge in [-0.2, -0.15) is 5.10 Å². The summed E-state index contributed by atoms with van der Waals surface area (Å²) in [5.41, 5.74) is 5.76. The molecule has 0 fully saturated rings. The summed E-state index contributed by atoms with van der Waals surface area (Å²) >= 11 is 0. The Morgan fingerprint density at radius 3 is 2.35 bits per heavy atom. The minimum Gasteiger partial charge on any atom is -0.273 e. The smallest absolute Gasteiger partial charge is 0.240 e. The van der Waals surface area contributed by atoms with Gasteiger partial charge in [0.1, 0.15) is 0 Å². The van der Waals surface area contributed by atoms with E-state index in [-0.39, 0.29) is 5.91 Å². The van der Waals surface area contributed by atoms with Gasteiger partial charge in [-0.15, -0.1) is 0 Å². The SMILES string of the molecule is CCCCCCCCCCC(=O)N/N=C(\C)c1cccc(C)c1. The summed E-state index contributed by atoms with van der Waals surface area (Å²) in [4.78, 5) is 11.8. The Morgan fingerprint density at radius 1 is 1.04 bits per heavy atom. The van der Waals surface area contributed by atoms with Gasteiger partial charge in [0.05, 0.1) is 5.71 Å². The Bertz CT molecular complexity index is 494. The molecule has 1 rings (SSSR count). The van der Waals surface area contributed by atoms with Crippen LogP contribution in [0.1, 0.15) is 82.8 Å². The largest absolute Gasteiger partial charge is 0.273 e. The Balaban J connectivity index is 2.15. The highest BCUT2D eigenvalue weighted by Gasteiger charge is 2.02. The van der Waals surface area contributed by atoms with Crippen molar-refractivity contribution in [2.45, 2.75) is 78.6 Å². The lowest BCUT2D eigenvalue weighted by atomic mass is 10.1. The zero-order chi connectivity index (χ0) is 16.9. The maximum absolute atomic E-state index is 11.8. The average molecular weight is 316 g/mol. The number of unbranched alkanes of at least 4 members (excludes halogenated alkanes) is 7. The second kappa shape index (κ2) is 11.9. The Hall–Kier alpha value is -1.64. The molecular formula is C20H32N2O. The lowest BCUT2D eigenvalue weighted by Gasteiger charge is -2.04. The van der Waals surface area contributed by atoms with Crippen molar-refractivity contribution in [3.63, 3.8) is 0 Å². The first-order valence-electron chi connectivity index (χ1n) is 9.03. The van der Waals surface area contributed by atoms with Gasteiger partial charge in [-0.25, -0.2) is 5.43 Å². The molecule has 3 heteroatoms. The van der Waals surface area contributed by atoms with E-state index in [2.05, 4.69) is 36.5 Å². The molecule has 0 aliphatic rings. The van der Waals surface area contributed by atoms with Crippen LogP contribution < -0.4 is 5.43 Å². The van der Waals surface area contributed by atoms with Gasteiger partial charge in [0.15, 0.2) is 0 Å². The van der Waals surface area contributed by atoms with E-state index in [4.69, 9.17) is 0 Å². The third-order valence-corrected chi connectivity index (χ3v) is 4.04. The summed E-state index contributed by atoms with van der Waals surface area (Å²) in [6.07, 6.45) is 10.5. The molecule has 3 nitrogen and oxygen atoms in total. The van der Waals surface area contributed by atoms with Crippen molar-refractivity contribution in [3.05, 3.63) is 35.4 Å². The third-order valence-electron chi connectivity index (χ3n) is 4.04. The molecule has 0 radical (unpaired) electrons. The van der Waals surface area contributed by atoms with Crippen LogP contribution in [-0.2, 0) is 4.79 Å². The maximum Gasteiger partial charge on any atom is 0.240 e. The van der Waals surface area contributed by atoms with Crippen LogP contribution in [-0.4, -0.2) is 11.6 Å². The van der Waals surface area contributed by atoms with Crippen LogP contribution in [0.4, 0.5) is 0 Å². The first-order valence-corrected chi connectivity index (χ1v) is 9.03. The lowest BCUT2D eigenvalue weighted by molar-refractivity contribution is -0.121. The highest BCUT2D eigenvalue weighted by Crippen LogP contribution is 2.09. The number of aryl methyl sites for hydroxylation is 1. The minimum absolute atomic E-state index is 0.0167. The monoisotopic (exact) mass is 316 g/mol. The maximum atomic E-state index is 11.8. The number of rotatable bonds is 11. The molecule has 0 bridgehead atoms. The number of amides is 1. The number of carbonyl (C=O) groups excluding carboxylic acids is 1. The fourth-order valence-electron chi connectivity index (χ4n) is 2.56. The van der Waals surface area contributed by atoms with Gasteiger partial charge in [-0.05, 0) is 25.8 Å². The molecule has 1 aromatic rings. The number of carbonyl (C=O) groups is 1. The van der Waals surface area contributed by atoms with E-state index in [1.165, 1.54) is 44.1 Å². The van der Waals surface area contributed by atoms with Crippen LogP contribution in [0, 0.1) is 6.92 Å². The summed E-state index contributed by atoms with van der Waals surface area (Å²) in [6, 6.07) is 8.14. The van der Waals surface area contributed by atoms with E-state index in [0.29, 0.717) is 6.42 Å². The molecule has 0 aromatic heterocycles. The Kier molecular flexibility index (Phi) is 10.0. The van der Waals surface area contributed by atoms with Gasteiger partial charge in [0.2, 0.25) is 5.91 Å². The van der Waals surface area contributed by atoms with Crippen LogP contribution in [0.15, 0.2) is 29.4 Å². The van der Waals surface area contributed by atoms with E-state index < -0.39 is 0 Å². The van der Waals surface area contributed by atoms with Crippen LogP contribution in [0.3, 0.4) is 0 Å². The molecule has 0 aliphatic heterocycles. The van der Waals surface area contributed by atoms with Gasteiger partial charge >= 0.3 is 0 Å². The number of hydrogen-bond donors (Lipinski definition) is 1. The van der Waals surface area contributed by atoms with Gasteiger partial charge in [-0.3, -0.25) is 4.79 Å². The van der Waals surface area contributed by atoms with Gasteiger partial charge in [-0.1, -0.05) is 81.7 Å². The topological polar surface area (TPSA) is 41.5 Å². The first kappa shape index (κ1) is 19.4. The molecular weight excluding hydrogens is 284 g/mol. The van der Waals surface area contributed by atoms with Crippen molar-refractivity contribution in [2.24, 2.45) is 5.10 Å². The van der Waals surface area contributed by atoms with Crippen molar-refractivity contribution in [1.82, 2.24) is 5.43 Å².